The van der Waals surface area contributed by atoms with Gasteiger partial charge < -0.3 is 18.6 Å². The van der Waals surface area contributed by atoms with Crippen molar-refractivity contribution in [3.8, 4) is 0 Å². The van der Waals surface area contributed by atoms with Crippen molar-refractivity contribution in [1.29, 1.82) is 0 Å². The largest absolute Gasteiger partial charge is 0.475 e. The Morgan fingerprint density at radius 3 is 2.32 bits per heavy atom. The molecule has 0 aromatic carbocycles. The molecule has 0 aliphatic carbocycles. The molecule has 1 heterocycles. The second-order valence-electron chi connectivity index (χ2n) is 3.46. The second kappa shape index (κ2) is 6.65. The zero-order chi connectivity index (χ0) is 14.5. The number of ketones is 1. The normalized spacial score (nSPS) is 13.2. The summed E-state index contributed by atoms with van der Waals surface area (Å²) >= 11 is 0. The van der Waals surface area contributed by atoms with Gasteiger partial charge in [-0.3, -0.25) is 9.36 Å². The Bertz CT molecular complexity index is 469. The van der Waals surface area contributed by atoms with Gasteiger partial charge in [-0.1, -0.05) is 0 Å². The molecule has 1 atom stereocenters. The zero-order valence-electron chi connectivity index (χ0n) is 10.6. The average Bonchev–Trinajstić information content (AvgIpc) is 2.83. The van der Waals surface area contributed by atoms with E-state index in [-0.39, 0.29) is 19.0 Å². The molecule has 1 aromatic heterocycles. The summed E-state index contributed by atoms with van der Waals surface area (Å²) in [6.07, 6.45) is 1.25. The summed E-state index contributed by atoms with van der Waals surface area (Å²) in [6, 6.07) is 2.82. The summed E-state index contributed by atoms with van der Waals surface area (Å²) in [7, 11) is -3.95. The van der Waals surface area contributed by atoms with Gasteiger partial charge in [0.25, 0.3) is 5.78 Å². The van der Waals surface area contributed by atoms with Crippen LogP contribution in [0.2, 0.25) is 0 Å². The van der Waals surface area contributed by atoms with Crippen molar-refractivity contribution in [3.05, 3.63) is 24.2 Å². The molecule has 0 radical (unpaired) electrons. The van der Waals surface area contributed by atoms with Crippen LogP contribution in [0.15, 0.2) is 22.8 Å². The summed E-state index contributed by atoms with van der Waals surface area (Å²) in [6.45, 7) is 3.16. The summed E-state index contributed by atoms with van der Waals surface area (Å²) in [5.74, 6) is -3.07. The van der Waals surface area contributed by atoms with Crippen LogP contribution in [-0.2, 0) is 23.2 Å². The smallest absolute Gasteiger partial charge is 0.373 e. The lowest BCUT2D eigenvalue weighted by Gasteiger charge is -2.22. The lowest BCUT2D eigenvalue weighted by molar-refractivity contribution is -0.149. The predicted octanol–water partition coefficient (Wildman–Crippen LogP) is 2.24. The summed E-state index contributed by atoms with van der Waals surface area (Å²) in [5, 5.41) is 8.83. The SMILES string of the molecule is CCOP(=O)(OCC)C(C(=O)C(=O)O)c1ccco1. The molecular formula is C11H15O7P. The number of hydrogen-bond acceptors (Lipinski definition) is 6. The molecule has 0 amide bonds. The summed E-state index contributed by atoms with van der Waals surface area (Å²) < 4.78 is 27.6. The molecule has 0 aliphatic heterocycles. The van der Waals surface area contributed by atoms with Crippen LogP contribution in [0.4, 0.5) is 0 Å². The molecule has 0 saturated heterocycles. The van der Waals surface area contributed by atoms with Gasteiger partial charge >= 0.3 is 13.6 Å². The highest BCUT2D eigenvalue weighted by molar-refractivity contribution is 7.55. The maximum absolute atomic E-state index is 12.6. The van der Waals surface area contributed by atoms with Crippen LogP contribution in [0.3, 0.4) is 0 Å². The van der Waals surface area contributed by atoms with E-state index in [0.717, 1.165) is 0 Å². The maximum Gasteiger partial charge on any atom is 0.373 e. The van der Waals surface area contributed by atoms with E-state index in [2.05, 4.69) is 0 Å². The maximum atomic E-state index is 12.6. The number of furan rings is 1. The van der Waals surface area contributed by atoms with Crippen LogP contribution in [-0.4, -0.2) is 30.1 Å². The number of Topliss-reactive ketones (excluding diaryl/α,β-unsaturated/α-hetero) is 1. The van der Waals surface area contributed by atoms with Crippen molar-refractivity contribution in [2.75, 3.05) is 13.2 Å². The molecule has 0 bridgehead atoms. The third kappa shape index (κ3) is 3.53. The van der Waals surface area contributed by atoms with Gasteiger partial charge in [-0.05, 0) is 26.0 Å². The van der Waals surface area contributed by atoms with E-state index in [1.165, 1.54) is 18.4 Å². The van der Waals surface area contributed by atoms with Crippen LogP contribution in [0.1, 0.15) is 25.3 Å². The van der Waals surface area contributed by atoms with Crippen molar-refractivity contribution in [2.24, 2.45) is 0 Å². The van der Waals surface area contributed by atoms with Crippen molar-refractivity contribution in [3.63, 3.8) is 0 Å². The molecule has 1 unspecified atom stereocenters. The highest BCUT2D eigenvalue weighted by atomic mass is 31.2. The van der Waals surface area contributed by atoms with E-state index in [4.69, 9.17) is 18.6 Å². The number of carbonyl (C=O) groups excluding carboxylic acids is 1. The van der Waals surface area contributed by atoms with Gasteiger partial charge in [0.2, 0.25) is 0 Å². The highest BCUT2D eigenvalue weighted by Gasteiger charge is 2.46. The molecular weight excluding hydrogens is 275 g/mol. The van der Waals surface area contributed by atoms with Crippen molar-refractivity contribution >= 4 is 19.3 Å². The van der Waals surface area contributed by atoms with Crippen LogP contribution in [0, 0.1) is 0 Å². The van der Waals surface area contributed by atoms with Gasteiger partial charge in [-0.15, -0.1) is 0 Å². The Morgan fingerprint density at radius 2 is 1.95 bits per heavy atom. The first kappa shape index (κ1) is 15.6. The Morgan fingerprint density at radius 1 is 1.37 bits per heavy atom. The Hall–Kier alpha value is -1.43. The van der Waals surface area contributed by atoms with Crippen LogP contribution < -0.4 is 0 Å². The first-order valence-corrected chi connectivity index (χ1v) is 7.26. The molecule has 0 fully saturated rings. The topological polar surface area (TPSA) is 103 Å². The van der Waals surface area contributed by atoms with Gasteiger partial charge in [0.15, 0.2) is 5.66 Å². The molecule has 1 N–H and O–H groups in total. The second-order valence-corrected chi connectivity index (χ2v) is 5.58. The average molecular weight is 290 g/mol. The number of carbonyl (C=O) groups is 2. The third-order valence-corrected chi connectivity index (χ3v) is 4.56. The monoisotopic (exact) mass is 290 g/mol. The molecule has 7 nitrogen and oxygen atoms in total. The first-order valence-electron chi connectivity index (χ1n) is 5.65. The minimum atomic E-state index is -3.95. The van der Waals surface area contributed by atoms with Gasteiger partial charge in [-0.25, -0.2) is 4.79 Å². The number of carboxylic acids is 1. The van der Waals surface area contributed by atoms with Crippen molar-refractivity contribution in [2.45, 2.75) is 19.5 Å². The molecule has 8 heteroatoms. The van der Waals surface area contributed by atoms with E-state index >= 15 is 0 Å². The minimum Gasteiger partial charge on any atom is -0.475 e. The quantitative estimate of drug-likeness (QED) is 0.578. The molecule has 1 rings (SSSR count). The summed E-state index contributed by atoms with van der Waals surface area (Å²) in [5.41, 5.74) is -1.60. The molecule has 0 aliphatic rings. The molecule has 0 spiro atoms. The number of carboxylic acid groups (broad SMARTS) is 1. The fourth-order valence-corrected chi connectivity index (χ4v) is 3.49. The van der Waals surface area contributed by atoms with Crippen molar-refractivity contribution < 1.29 is 32.7 Å². The number of aliphatic carboxylic acids is 1. The van der Waals surface area contributed by atoms with Gasteiger partial charge in [0.1, 0.15) is 5.76 Å². The fourth-order valence-electron chi connectivity index (χ4n) is 1.54. The lowest BCUT2D eigenvalue weighted by atomic mass is 10.2. The fraction of sp³-hybridized carbons (Fsp3) is 0.455. The van der Waals surface area contributed by atoms with Crippen LogP contribution >= 0.6 is 7.60 Å². The van der Waals surface area contributed by atoms with E-state index in [1.54, 1.807) is 13.8 Å². The van der Waals surface area contributed by atoms with E-state index in [9.17, 15) is 14.2 Å². The molecule has 106 valence electrons. The first-order chi connectivity index (χ1) is 8.96. The zero-order valence-corrected chi connectivity index (χ0v) is 11.5. The minimum absolute atomic E-state index is 0.0153. The van der Waals surface area contributed by atoms with E-state index < -0.39 is 25.0 Å². The Kier molecular flexibility index (Phi) is 5.47. The van der Waals surface area contributed by atoms with Crippen molar-refractivity contribution in [1.82, 2.24) is 0 Å². The molecule has 0 saturated carbocycles. The standard InChI is InChI=1S/C11H15O7P/c1-3-17-19(15,18-4-2)10(9(12)11(13)14)8-6-5-7-16-8/h5-7,10H,3-4H2,1-2H3,(H,13,14). The van der Waals surface area contributed by atoms with Gasteiger partial charge in [-0.2, -0.15) is 0 Å². The number of hydrogen-bond donors (Lipinski definition) is 1. The Labute approximate surface area is 110 Å². The van der Waals surface area contributed by atoms with Gasteiger partial charge in [0.05, 0.1) is 19.5 Å². The lowest BCUT2D eigenvalue weighted by Crippen LogP contribution is -2.23. The third-order valence-electron chi connectivity index (χ3n) is 2.21. The van der Waals surface area contributed by atoms with Crippen LogP contribution in [0.25, 0.3) is 0 Å². The molecule has 1 aromatic rings. The Balaban J connectivity index is 3.25. The number of rotatable bonds is 8. The highest BCUT2D eigenvalue weighted by Crippen LogP contribution is 2.61. The van der Waals surface area contributed by atoms with E-state index in [1.807, 2.05) is 0 Å². The van der Waals surface area contributed by atoms with E-state index in [0.29, 0.717) is 0 Å². The van der Waals surface area contributed by atoms with Gasteiger partial charge in [0, 0.05) is 0 Å². The van der Waals surface area contributed by atoms with Crippen LogP contribution in [0.5, 0.6) is 0 Å². The summed E-state index contributed by atoms with van der Waals surface area (Å²) in [4.78, 5) is 22.6. The molecule has 19 heavy (non-hydrogen) atoms. The predicted molar refractivity (Wildman–Crippen MR) is 65.0 cm³/mol.